The molecule has 76 valence electrons. The van der Waals surface area contributed by atoms with Gasteiger partial charge in [0.15, 0.2) is 5.78 Å². The maximum Gasteiger partial charge on any atom is 0.335 e. The smallest absolute Gasteiger partial charge is 0.335 e. The lowest BCUT2D eigenvalue weighted by molar-refractivity contribution is 0.0696. The van der Waals surface area contributed by atoms with Crippen LogP contribution < -0.4 is 0 Å². The van der Waals surface area contributed by atoms with Crippen molar-refractivity contribution < 1.29 is 14.7 Å². The first-order valence-electron chi connectivity index (χ1n) is 5.03. The first kappa shape index (κ1) is 8.65. The average Bonchev–Trinajstić information content (AvgIpc) is 2.91. The zero-order valence-corrected chi connectivity index (χ0v) is 8.12. The van der Waals surface area contributed by atoms with Gasteiger partial charge in [-0.2, -0.15) is 0 Å². The van der Waals surface area contributed by atoms with Gasteiger partial charge in [-0.25, -0.2) is 4.79 Å². The van der Waals surface area contributed by atoms with Crippen LogP contribution in [0.4, 0.5) is 0 Å². The number of carboxylic acid groups (broad SMARTS) is 1. The van der Waals surface area contributed by atoms with E-state index < -0.39 is 5.97 Å². The second kappa shape index (κ2) is 2.48. The Hall–Kier alpha value is -1.64. The lowest BCUT2D eigenvalue weighted by Gasteiger charge is -1.98. The summed E-state index contributed by atoms with van der Waals surface area (Å²) in [5, 5.41) is 8.84. The van der Waals surface area contributed by atoms with E-state index in [2.05, 4.69) is 0 Å². The molecule has 1 N–H and O–H groups in total. The minimum atomic E-state index is -0.929. The van der Waals surface area contributed by atoms with Gasteiger partial charge in [-0.3, -0.25) is 4.79 Å². The summed E-state index contributed by atoms with van der Waals surface area (Å²) in [5.74, 6) is -0.712. The van der Waals surface area contributed by atoms with Crippen molar-refractivity contribution in [1.82, 2.24) is 0 Å². The Morgan fingerprint density at radius 2 is 2.07 bits per heavy atom. The summed E-state index contributed by atoms with van der Waals surface area (Å²) in [4.78, 5) is 22.7. The van der Waals surface area contributed by atoms with E-state index in [0.29, 0.717) is 0 Å². The molecule has 0 aliphatic heterocycles. The molecule has 1 aromatic carbocycles. The van der Waals surface area contributed by atoms with E-state index in [-0.39, 0.29) is 16.8 Å². The van der Waals surface area contributed by atoms with Crippen LogP contribution in [0.15, 0.2) is 18.2 Å². The number of carbonyl (C=O) groups excluding carboxylic acids is 1. The highest BCUT2D eigenvalue weighted by Gasteiger charge is 2.54. The van der Waals surface area contributed by atoms with Gasteiger partial charge in [0.05, 0.1) is 5.56 Å². The number of aromatic carboxylic acids is 1. The molecule has 0 unspecified atom stereocenters. The molecule has 1 fully saturated rings. The predicted molar refractivity (Wildman–Crippen MR) is 53.1 cm³/mol. The third-order valence-electron chi connectivity index (χ3n) is 3.46. The molecule has 3 heteroatoms. The van der Waals surface area contributed by atoms with E-state index in [1.165, 1.54) is 6.07 Å². The second-order valence-electron chi connectivity index (χ2n) is 4.46. The minimum Gasteiger partial charge on any atom is -0.478 e. The molecular weight excluding hydrogens is 192 g/mol. The molecule has 0 atom stereocenters. The van der Waals surface area contributed by atoms with Crippen molar-refractivity contribution in [2.75, 3.05) is 0 Å². The number of fused-ring (bicyclic) bond motifs is 1. The van der Waals surface area contributed by atoms with Gasteiger partial charge in [-0.15, -0.1) is 0 Å². The molecule has 3 rings (SSSR count). The maximum atomic E-state index is 11.9. The first-order valence-corrected chi connectivity index (χ1v) is 5.03. The van der Waals surface area contributed by atoms with Crippen LogP contribution in [0.2, 0.25) is 0 Å². The number of Topliss-reactive ketones (excluding diaryl/α,β-unsaturated/α-hetero) is 1. The van der Waals surface area contributed by atoms with E-state index in [0.717, 1.165) is 30.4 Å². The van der Waals surface area contributed by atoms with Gasteiger partial charge in [0.25, 0.3) is 0 Å². The van der Waals surface area contributed by atoms with Crippen LogP contribution in [0.3, 0.4) is 0 Å². The molecule has 0 saturated heterocycles. The lowest BCUT2D eigenvalue weighted by Crippen LogP contribution is -2.08. The summed E-state index contributed by atoms with van der Waals surface area (Å²) in [6.45, 7) is 0. The van der Waals surface area contributed by atoms with Crippen LogP contribution in [0.25, 0.3) is 0 Å². The predicted octanol–water partition coefficient (Wildman–Crippen LogP) is 1.90. The molecule has 0 heterocycles. The Bertz CT molecular complexity index is 484. The highest BCUT2D eigenvalue weighted by molar-refractivity contribution is 6.07. The van der Waals surface area contributed by atoms with E-state index in [1.54, 1.807) is 12.1 Å². The van der Waals surface area contributed by atoms with Crippen LogP contribution in [-0.4, -0.2) is 16.9 Å². The minimum absolute atomic E-state index is 0.139. The molecule has 1 spiro atoms. The van der Waals surface area contributed by atoms with E-state index in [9.17, 15) is 9.59 Å². The Kier molecular flexibility index (Phi) is 1.43. The van der Waals surface area contributed by atoms with Crippen molar-refractivity contribution in [2.45, 2.75) is 19.3 Å². The highest BCUT2D eigenvalue weighted by Crippen LogP contribution is 2.55. The van der Waals surface area contributed by atoms with Crippen LogP contribution in [0.1, 0.15) is 39.1 Å². The van der Waals surface area contributed by atoms with Crippen molar-refractivity contribution in [3.05, 3.63) is 34.9 Å². The summed E-state index contributed by atoms with van der Waals surface area (Å²) in [6, 6.07) is 4.82. The van der Waals surface area contributed by atoms with Gasteiger partial charge in [0.1, 0.15) is 0 Å². The Balaban J connectivity index is 2.10. The normalized spacial score (nSPS) is 20.4. The van der Waals surface area contributed by atoms with Gasteiger partial charge in [-0.1, -0.05) is 6.07 Å². The summed E-state index contributed by atoms with van der Waals surface area (Å²) < 4.78 is 0. The second-order valence-corrected chi connectivity index (χ2v) is 4.46. The molecule has 15 heavy (non-hydrogen) atoms. The molecule has 0 amide bonds. The van der Waals surface area contributed by atoms with Gasteiger partial charge in [-0.05, 0) is 37.0 Å². The molecule has 0 radical (unpaired) electrons. The van der Waals surface area contributed by atoms with Crippen LogP contribution in [-0.2, 0) is 6.42 Å². The number of hydrogen-bond acceptors (Lipinski definition) is 2. The van der Waals surface area contributed by atoms with E-state index in [1.807, 2.05) is 0 Å². The monoisotopic (exact) mass is 202 g/mol. The summed E-state index contributed by atoms with van der Waals surface area (Å²) in [5.41, 5.74) is 1.79. The molecule has 2 aliphatic rings. The van der Waals surface area contributed by atoms with Gasteiger partial charge < -0.3 is 5.11 Å². The maximum absolute atomic E-state index is 11.9. The molecule has 0 bridgehead atoms. The molecule has 1 saturated carbocycles. The van der Waals surface area contributed by atoms with Gasteiger partial charge in [0.2, 0.25) is 0 Å². The Labute approximate surface area is 86.7 Å². The molecule has 2 aliphatic carbocycles. The largest absolute Gasteiger partial charge is 0.478 e. The number of carbonyl (C=O) groups is 2. The highest BCUT2D eigenvalue weighted by atomic mass is 16.4. The summed E-state index contributed by atoms with van der Waals surface area (Å²) in [6.07, 6.45) is 2.66. The quantitative estimate of drug-likeness (QED) is 0.756. The number of ketones is 1. The average molecular weight is 202 g/mol. The Morgan fingerprint density at radius 3 is 2.67 bits per heavy atom. The molecule has 0 aromatic heterocycles. The van der Waals surface area contributed by atoms with Crippen molar-refractivity contribution in [1.29, 1.82) is 0 Å². The van der Waals surface area contributed by atoms with Crippen molar-refractivity contribution in [3.63, 3.8) is 0 Å². The summed E-state index contributed by atoms with van der Waals surface area (Å²) in [7, 11) is 0. The SMILES string of the molecule is O=C(O)c1ccc2c(c1)CC1(CC1)C2=O. The fourth-order valence-electron chi connectivity index (χ4n) is 2.38. The summed E-state index contributed by atoms with van der Waals surface area (Å²) >= 11 is 0. The van der Waals surface area contributed by atoms with Crippen LogP contribution in [0, 0.1) is 5.41 Å². The number of carboxylic acids is 1. The fraction of sp³-hybridized carbons (Fsp3) is 0.333. The fourth-order valence-corrected chi connectivity index (χ4v) is 2.38. The molecule has 3 nitrogen and oxygen atoms in total. The third kappa shape index (κ3) is 1.06. The van der Waals surface area contributed by atoms with Crippen molar-refractivity contribution >= 4 is 11.8 Å². The number of rotatable bonds is 1. The number of hydrogen-bond donors (Lipinski definition) is 1. The molecule has 1 aromatic rings. The van der Waals surface area contributed by atoms with Crippen LogP contribution >= 0.6 is 0 Å². The van der Waals surface area contributed by atoms with Crippen molar-refractivity contribution in [2.24, 2.45) is 5.41 Å². The van der Waals surface area contributed by atoms with E-state index in [4.69, 9.17) is 5.11 Å². The van der Waals surface area contributed by atoms with E-state index >= 15 is 0 Å². The Morgan fingerprint density at radius 1 is 1.33 bits per heavy atom. The lowest BCUT2D eigenvalue weighted by atomic mass is 10.0. The molecular formula is C12H10O3. The van der Waals surface area contributed by atoms with Crippen molar-refractivity contribution in [3.8, 4) is 0 Å². The standard InChI is InChI=1S/C12H10O3/c13-10-9-2-1-7(11(14)15)5-8(9)6-12(10)3-4-12/h1-2,5H,3-4,6H2,(H,14,15). The van der Waals surface area contributed by atoms with Gasteiger partial charge in [0, 0.05) is 11.0 Å². The van der Waals surface area contributed by atoms with Crippen LogP contribution in [0.5, 0.6) is 0 Å². The third-order valence-corrected chi connectivity index (χ3v) is 3.46. The zero-order chi connectivity index (χ0) is 10.6. The first-order chi connectivity index (χ1) is 7.12. The number of benzene rings is 1. The van der Waals surface area contributed by atoms with Gasteiger partial charge >= 0.3 is 5.97 Å². The zero-order valence-electron chi connectivity index (χ0n) is 8.12. The topological polar surface area (TPSA) is 54.4 Å².